The largest absolute Gasteiger partial charge is 0.469 e. The summed E-state index contributed by atoms with van der Waals surface area (Å²) in [4.78, 5) is 11.3. The predicted octanol–water partition coefficient (Wildman–Crippen LogP) is 1.59. The molecule has 0 aliphatic heterocycles. The summed E-state index contributed by atoms with van der Waals surface area (Å²) in [7, 11) is 3.13. The Morgan fingerprint density at radius 2 is 1.94 bits per heavy atom. The molecule has 0 saturated heterocycles. The number of carbonyl (C=O) groups is 1. The number of rotatable bonds is 8. The first-order chi connectivity index (χ1) is 7.54. The lowest BCUT2D eigenvalue weighted by molar-refractivity contribution is -0.145. The predicted molar refractivity (Wildman–Crippen MR) is 64.3 cm³/mol. The number of esters is 1. The molecule has 3 atom stereocenters. The first kappa shape index (κ1) is 15.4. The van der Waals surface area contributed by atoms with Crippen LogP contribution in [-0.4, -0.2) is 38.9 Å². The maximum Gasteiger partial charge on any atom is 0.308 e. The zero-order valence-corrected chi connectivity index (χ0v) is 11.1. The van der Waals surface area contributed by atoms with Crippen molar-refractivity contribution in [2.45, 2.75) is 45.7 Å². The van der Waals surface area contributed by atoms with Gasteiger partial charge in [0.1, 0.15) is 0 Å². The van der Waals surface area contributed by atoms with Crippen molar-refractivity contribution in [2.75, 3.05) is 20.8 Å². The van der Waals surface area contributed by atoms with Crippen LogP contribution in [0, 0.1) is 5.92 Å². The molecule has 0 bridgehead atoms. The number of nitrogens with one attached hydrogen (secondary N) is 1. The van der Waals surface area contributed by atoms with Gasteiger partial charge in [-0.3, -0.25) is 4.79 Å². The third-order valence-corrected chi connectivity index (χ3v) is 2.69. The molecular weight excluding hydrogens is 206 g/mol. The van der Waals surface area contributed by atoms with Crippen molar-refractivity contribution >= 4 is 5.97 Å². The van der Waals surface area contributed by atoms with Gasteiger partial charge in [-0.25, -0.2) is 0 Å². The average molecular weight is 231 g/mol. The smallest absolute Gasteiger partial charge is 0.308 e. The highest BCUT2D eigenvalue weighted by Gasteiger charge is 2.18. The maximum atomic E-state index is 11.3. The van der Waals surface area contributed by atoms with E-state index in [4.69, 9.17) is 9.47 Å². The van der Waals surface area contributed by atoms with Gasteiger partial charge < -0.3 is 14.8 Å². The van der Waals surface area contributed by atoms with Crippen LogP contribution in [0.5, 0.6) is 0 Å². The third kappa shape index (κ3) is 6.08. The Labute approximate surface area is 98.7 Å². The van der Waals surface area contributed by atoms with Crippen LogP contribution in [0.3, 0.4) is 0 Å². The molecule has 0 heterocycles. The van der Waals surface area contributed by atoms with E-state index < -0.39 is 0 Å². The summed E-state index contributed by atoms with van der Waals surface area (Å²) >= 11 is 0. The second-order valence-corrected chi connectivity index (χ2v) is 4.29. The Bertz CT molecular complexity index is 197. The fraction of sp³-hybridized carbons (Fsp3) is 0.917. The van der Waals surface area contributed by atoms with Crippen LogP contribution in [0.15, 0.2) is 0 Å². The van der Waals surface area contributed by atoms with Crippen molar-refractivity contribution in [3.8, 4) is 0 Å². The summed E-state index contributed by atoms with van der Waals surface area (Å²) in [6.07, 6.45) is 1.80. The first-order valence-corrected chi connectivity index (χ1v) is 5.87. The second kappa shape index (κ2) is 8.53. The van der Waals surface area contributed by atoms with Crippen molar-refractivity contribution in [1.82, 2.24) is 5.32 Å². The SMILES string of the molecule is CCC(COC)NC(C)CC(C)C(=O)OC. The average Bonchev–Trinajstić information content (AvgIpc) is 2.27. The van der Waals surface area contributed by atoms with Gasteiger partial charge in [-0.15, -0.1) is 0 Å². The van der Waals surface area contributed by atoms with Gasteiger partial charge in [-0.05, 0) is 19.8 Å². The molecule has 0 aliphatic carbocycles. The normalized spacial score (nSPS) is 16.6. The van der Waals surface area contributed by atoms with Crippen LogP contribution in [0.25, 0.3) is 0 Å². The molecule has 1 N–H and O–H groups in total. The van der Waals surface area contributed by atoms with Crippen LogP contribution in [0.1, 0.15) is 33.6 Å². The minimum Gasteiger partial charge on any atom is -0.469 e. The first-order valence-electron chi connectivity index (χ1n) is 5.87. The molecule has 0 rings (SSSR count). The number of carbonyl (C=O) groups excluding carboxylic acids is 1. The standard InChI is InChI=1S/C12H25NO3/c1-6-11(8-15-4)13-10(3)7-9(2)12(14)16-5/h9-11,13H,6-8H2,1-5H3. The second-order valence-electron chi connectivity index (χ2n) is 4.29. The van der Waals surface area contributed by atoms with E-state index in [0.29, 0.717) is 12.6 Å². The summed E-state index contributed by atoms with van der Waals surface area (Å²) in [6, 6.07) is 0.638. The van der Waals surface area contributed by atoms with Crippen molar-refractivity contribution in [3.05, 3.63) is 0 Å². The van der Waals surface area contributed by atoms with Crippen molar-refractivity contribution < 1.29 is 14.3 Å². The molecule has 0 radical (unpaired) electrons. The van der Waals surface area contributed by atoms with Crippen molar-refractivity contribution in [2.24, 2.45) is 5.92 Å². The summed E-state index contributed by atoms with van der Waals surface area (Å²) in [5.41, 5.74) is 0. The van der Waals surface area contributed by atoms with Gasteiger partial charge in [0.2, 0.25) is 0 Å². The Morgan fingerprint density at radius 1 is 1.31 bits per heavy atom. The summed E-state index contributed by atoms with van der Waals surface area (Å²) < 4.78 is 9.82. The molecule has 4 heteroatoms. The van der Waals surface area contributed by atoms with E-state index in [0.717, 1.165) is 12.8 Å². The molecule has 4 nitrogen and oxygen atoms in total. The van der Waals surface area contributed by atoms with E-state index >= 15 is 0 Å². The minimum absolute atomic E-state index is 0.0625. The summed E-state index contributed by atoms with van der Waals surface area (Å²) in [6.45, 7) is 6.79. The van der Waals surface area contributed by atoms with E-state index in [1.165, 1.54) is 7.11 Å². The third-order valence-electron chi connectivity index (χ3n) is 2.69. The lowest BCUT2D eigenvalue weighted by Crippen LogP contribution is -2.40. The van der Waals surface area contributed by atoms with Crippen LogP contribution in [0.4, 0.5) is 0 Å². The van der Waals surface area contributed by atoms with Crippen molar-refractivity contribution in [3.63, 3.8) is 0 Å². The van der Waals surface area contributed by atoms with Gasteiger partial charge in [0.25, 0.3) is 0 Å². The molecule has 3 unspecified atom stereocenters. The van der Waals surface area contributed by atoms with Crippen molar-refractivity contribution in [1.29, 1.82) is 0 Å². The molecule has 0 aliphatic rings. The maximum absolute atomic E-state index is 11.3. The number of hydrogen-bond acceptors (Lipinski definition) is 4. The Balaban J connectivity index is 3.95. The number of methoxy groups -OCH3 is 2. The lowest BCUT2D eigenvalue weighted by Gasteiger charge is -2.23. The zero-order chi connectivity index (χ0) is 12.6. The van der Waals surface area contributed by atoms with Crippen LogP contribution in [0.2, 0.25) is 0 Å². The van der Waals surface area contributed by atoms with Crippen LogP contribution >= 0.6 is 0 Å². The van der Waals surface area contributed by atoms with Crippen LogP contribution < -0.4 is 5.32 Å². The van der Waals surface area contributed by atoms with Gasteiger partial charge in [0.05, 0.1) is 19.6 Å². The van der Waals surface area contributed by atoms with Crippen LogP contribution in [-0.2, 0) is 14.3 Å². The van der Waals surface area contributed by atoms with E-state index in [9.17, 15) is 4.79 Å². The van der Waals surface area contributed by atoms with Gasteiger partial charge in [0.15, 0.2) is 0 Å². The molecule has 0 aromatic rings. The number of hydrogen-bond donors (Lipinski definition) is 1. The van der Waals surface area contributed by atoms with E-state index in [1.54, 1.807) is 7.11 Å². The number of ether oxygens (including phenoxy) is 2. The topological polar surface area (TPSA) is 47.6 Å². The Hall–Kier alpha value is -0.610. The fourth-order valence-electron chi connectivity index (χ4n) is 1.78. The van der Waals surface area contributed by atoms with Gasteiger partial charge in [-0.1, -0.05) is 13.8 Å². The molecule has 0 aromatic heterocycles. The summed E-state index contributed by atoms with van der Waals surface area (Å²) in [5.74, 6) is -0.207. The minimum atomic E-state index is -0.145. The fourth-order valence-corrected chi connectivity index (χ4v) is 1.78. The monoisotopic (exact) mass is 231 g/mol. The zero-order valence-electron chi connectivity index (χ0n) is 11.1. The highest BCUT2D eigenvalue weighted by atomic mass is 16.5. The molecule has 0 aromatic carbocycles. The van der Waals surface area contributed by atoms with E-state index in [-0.39, 0.29) is 17.9 Å². The van der Waals surface area contributed by atoms with Gasteiger partial charge >= 0.3 is 5.97 Å². The molecule has 0 spiro atoms. The molecule has 96 valence electrons. The molecule has 16 heavy (non-hydrogen) atoms. The molecule has 0 saturated carbocycles. The Morgan fingerprint density at radius 3 is 2.38 bits per heavy atom. The van der Waals surface area contributed by atoms with Gasteiger partial charge in [-0.2, -0.15) is 0 Å². The molecule has 0 amide bonds. The quantitative estimate of drug-likeness (QED) is 0.644. The Kier molecular flexibility index (Phi) is 8.21. The summed E-state index contributed by atoms with van der Waals surface area (Å²) in [5, 5.41) is 3.44. The molecule has 0 fully saturated rings. The highest BCUT2D eigenvalue weighted by Crippen LogP contribution is 2.08. The van der Waals surface area contributed by atoms with E-state index in [2.05, 4.69) is 19.2 Å². The molecular formula is C12H25NO3. The van der Waals surface area contributed by atoms with Gasteiger partial charge in [0, 0.05) is 19.2 Å². The highest BCUT2D eigenvalue weighted by molar-refractivity contribution is 5.71. The lowest BCUT2D eigenvalue weighted by atomic mass is 10.0. The van der Waals surface area contributed by atoms with E-state index in [1.807, 2.05) is 6.92 Å².